The van der Waals surface area contributed by atoms with Gasteiger partial charge in [0.2, 0.25) is 0 Å². The number of imidazole rings is 1. The van der Waals surface area contributed by atoms with Gasteiger partial charge in [-0.2, -0.15) is 0 Å². The van der Waals surface area contributed by atoms with Crippen LogP contribution in [-0.4, -0.2) is 9.55 Å². The van der Waals surface area contributed by atoms with Crippen LogP contribution in [0.15, 0.2) is 42.5 Å². The number of anilines is 1. The highest BCUT2D eigenvalue weighted by atomic mass is 15.1. The van der Waals surface area contributed by atoms with Gasteiger partial charge in [0.05, 0.1) is 0 Å². The molecule has 0 amide bonds. The number of hydrogen-bond acceptors (Lipinski definition) is 2. The van der Waals surface area contributed by atoms with Crippen molar-refractivity contribution in [1.29, 1.82) is 0 Å². The van der Waals surface area contributed by atoms with Gasteiger partial charge < -0.3 is 10.3 Å². The van der Waals surface area contributed by atoms with E-state index in [0.29, 0.717) is 0 Å². The molecular weight excluding hydrogens is 234 g/mol. The topological polar surface area (TPSA) is 43.8 Å². The Morgan fingerprint density at radius 2 is 1.84 bits per heavy atom. The Morgan fingerprint density at radius 1 is 1.11 bits per heavy atom. The minimum absolute atomic E-state index is 0.746. The summed E-state index contributed by atoms with van der Waals surface area (Å²) in [4.78, 5) is 4.60. The van der Waals surface area contributed by atoms with Crippen molar-refractivity contribution in [3.8, 4) is 11.3 Å². The third-order valence-electron chi connectivity index (χ3n) is 3.54. The van der Waals surface area contributed by atoms with E-state index in [9.17, 15) is 0 Å². The summed E-state index contributed by atoms with van der Waals surface area (Å²) in [6.07, 6.45) is 0. The lowest BCUT2D eigenvalue weighted by Crippen LogP contribution is -2.02. The van der Waals surface area contributed by atoms with E-state index in [1.54, 1.807) is 0 Å². The molecule has 0 aliphatic rings. The molecule has 0 saturated heterocycles. The maximum Gasteiger partial charge on any atom is 0.131 e. The number of fused-ring (bicyclic) bond motifs is 1. The summed E-state index contributed by atoms with van der Waals surface area (Å²) in [5.41, 5.74) is 8.15. The minimum atomic E-state index is 0.746. The van der Waals surface area contributed by atoms with E-state index in [1.807, 2.05) is 23.6 Å². The molecule has 2 aromatic carbocycles. The van der Waals surface area contributed by atoms with E-state index in [4.69, 9.17) is 5.73 Å². The summed E-state index contributed by atoms with van der Waals surface area (Å²) in [5.74, 6) is 1.71. The van der Waals surface area contributed by atoms with Crippen LogP contribution in [0, 0.1) is 6.92 Å². The molecule has 0 aliphatic heterocycles. The minimum Gasteiger partial charge on any atom is -0.383 e. The number of aromatic nitrogens is 2. The molecule has 0 spiro atoms. The fourth-order valence-electron chi connectivity index (χ4n) is 2.53. The van der Waals surface area contributed by atoms with Gasteiger partial charge in [-0.3, -0.25) is 0 Å². The van der Waals surface area contributed by atoms with Gasteiger partial charge in [0, 0.05) is 12.1 Å². The lowest BCUT2D eigenvalue weighted by Gasteiger charge is -2.04. The van der Waals surface area contributed by atoms with Crippen molar-refractivity contribution >= 4 is 16.6 Å². The van der Waals surface area contributed by atoms with Crippen LogP contribution >= 0.6 is 0 Å². The van der Waals surface area contributed by atoms with Crippen molar-refractivity contribution in [2.24, 2.45) is 0 Å². The average molecular weight is 251 g/mol. The van der Waals surface area contributed by atoms with Crippen LogP contribution in [0.1, 0.15) is 12.7 Å². The Morgan fingerprint density at radius 3 is 2.53 bits per heavy atom. The van der Waals surface area contributed by atoms with Crippen molar-refractivity contribution in [2.75, 3.05) is 5.73 Å². The first-order chi connectivity index (χ1) is 9.20. The largest absolute Gasteiger partial charge is 0.383 e. The standard InChI is InChI=1S/C16H17N3/c1-3-19-11(2)18-15(16(19)17)14-9-8-12-6-4-5-7-13(12)10-14/h4-10H,3,17H2,1-2H3. The van der Waals surface area contributed by atoms with E-state index in [2.05, 4.69) is 42.2 Å². The van der Waals surface area contributed by atoms with Crippen LogP contribution in [0.25, 0.3) is 22.0 Å². The maximum absolute atomic E-state index is 6.19. The third-order valence-corrected chi connectivity index (χ3v) is 3.54. The van der Waals surface area contributed by atoms with Crippen molar-refractivity contribution in [3.63, 3.8) is 0 Å². The molecule has 1 aromatic heterocycles. The Balaban J connectivity index is 2.19. The molecule has 1 heterocycles. The molecule has 0 radical (unpaired) electrons. The van der Waals surface area contributed by atoms with Gasteiger partial charge in [-0.05, 0) is 30.7 Å². The van der Waals surface area contributed by atoms with Crippen LogP contribution in [0.2, 0.25) is 0 Å². The number of nitrogens with two attached hydrogens (primary N) is 1. The fourth-order valence-corrected chi connectivity index (χ4v) is 2.53. The normalized spacial score (nSPS) is 11.1. The van der Waals surface area contributed by atoms with Crippen LogP contribution in [0.4, 0.5) is 5.82 Å². The highest BCUT2D eigenvalue weighted by Crippen LogP contribution is 2.28. The zero-order valence-corrected chi connectivity index (χ0v) is 11.2. The predicted molar refractivity (Wildman–Crippen MR) is 80.0 cm³/mol. The number of rotatable bonds is 2. The Hall–Kier alpha value is -2.29. The number of hydrogen-bond donors (Lipinski definition) is 1. The molecule has 0 bridgehead atoms. The molecule has 3 aromatic rings. The monoisotopic (exact) mass is 251 g/mol. The van der Waals surface area contributed by atoms with E-state index in [1.165, 1.54) is 10.8 Å². The van der Waals surface area contributed by atoms with E-state index >= 15 is 0 Å². The van der Waals surface area contributed by atoms with E-state index in [0.717, 1.165) is 29.4 Å². The zero-order chi connectivity index (χ0) is 13.4. The van der Waals surface area contributed by atoms with Gasteiger partial charge in [0.25, 0.3) is 0 Å². The molecule has 0 fully saturated rings. The average Bonchev–Trinajstić information content (AvgIpc) is 2.73. The highest BCUT2D eigenvalue weighted by molar-refractivity contribution is 5.88. The summed E-state index contributed by atoms with van der Waals surface area (Å²) in [7, 11) is 0. The van der Waals surface area contributed by atoms with Gasteiger partial charge >= 0.3 is 0 Å². The molecule has 3 nitrogen and oxygen atoms in total. The first kappa shape index (κ1) is 11.8. The van der Waals surface area contributed by atoms with Crippen molar-refractivity contribution in [2.45, 2.75) is 20.4 Å². The fraction of sp³-hybridized carbons (Fsp3) is 0.188. The smallest absolute Gasteiger partial charge is 0.131 e. The quantitative estimate of drug-likeness (QED) is 0.756. The summed E-state index contributed by atoms with van der Waals surface area (Å²) in [6.45, 7) is 4.91. The third kappa shape index (κ3) is 1.87. The number of nitrogen functional groups attached to an aromatic ring is 1. The molecule has 96 valence electrons. The van der Waals surface area contributed by atoms with Gasteiger partial charge in [-0.1, -0.05) is 36.4 Å². The van der Waals surface area contributed by atoms with Crippen LogP contribution in [-0.2, 0) is 6.54 Å². The van der Waals surface area contributed by atoms with Crippen LogP contribution in [0.5, 0.6) is 0 Å². The second kappa shape index (κ2) is 4.43. The summed E-state index contributed by atoms with van der Waals surface area (Å²) in [5, 5.41) is 2.44. The van der Waals surface area contributed by atoms with E-state index < -0.39 is 0 Å². The van der Waals surface area contributed by atoms with Gasteiger partial charge in [-0.15, -0.1) is 0 Å². The molecule has 2 N–H and O–H groups in total. The SMILES string of the molecule is CCn1c(C)nc(-c2ccc3ccccc3c2)c1N. The number of nitrogens with zero attached hydrogens (tertiary/aromatic N) is 2. The molecular formula is C16H17N3. The predicted octanol–water partition coefficient (Wildman–Crippen LogP) is 3.61. The molecule has 0 saturated carbocycles. The summed E-state index contributed by atoms with van der Waals surface area (Å²) < 4.78 is 2.03. The van der Waals surface area contributed by atoms with Gasteiger partial charge in [0.15, 0.2) is 0 Å². The molecule has 0 aliphatic carbocycles. The van der Waals surface area contributed by atoms with Crippen molar-refractivity contribution in [1.82, 2.24) is 9.55 Å². The number of aryl methyl sites for hydroxylation is 1. The Labute approximate surface area is 112 Å². The highest BCUT2D eigenvalue weighted by Gasteiger charge is 2.12. The van der Waals surface area contributed by atoms with Crippen molar-refractivity contribution < 1.29 is 0 Å². The second-order valence-corrected chi connectivity index (χ2v) is 4.70. The van der Waals surface area contributed by atoms with Gasteiger partial charge in [0.1, 0.15) is 17.3 Å². The van der Waals surface area contributed by atoms with E-state index in [-0.39, 0.29) is 0 Å². The molecule has 3 rings (SSSR count). The Kier molecular flexibility index (Phi) is 2.75. The molecule has 19 heavy (non-hydrogen) atoms. The van der Waals surface area contributed by atoms with Crippen LogP contribution in [0.3, 0.4) is 0 Å². The first-order valence-electron chi connectivity index (χ1n) is 6.52. The lowest BCUT2D eigenvalue weighted by molar-refractivity contribution is 0.739. The zero-order valence-electron chi connectivity index (χ0n) is 11.2. The lowest BCUT2D eigenvalue weighted by atomic mass is 10.1. The summed E-state index contributed by atoms with van der Waals surface area (Å²) >= 11 is 0. The number of benzene rings is 2. The first-order valence-corrected chi connectivity index (χ1v) is 6.52. The van der Waals surface area contributed by atoms with Gasteiger partial charge in [-0.25, -0.2) is 4.98 Å². The molecule has 3 heteroatoms. The van der Waals surface area contributed by atoms with Crippen LogP contribution < -0.4 is 5.73 Å². The molecule has 0 atom stereocenters. The molecule has 0 unspecified atom stereocenters. The second-order valence-electron chi connectivity index (χ2n) is 4.70. The maximum atomic E-state index is 6.19. The van der Waals surface area contributed by atoms with Crippen molar-refractivity contribution in [3.05, 3.63) is 48.3 Å². The Bertz CT molecular complexity index is 741. The summed E-state index contributed by atoms with van der Waals surface area (Å²) in [6, 6.07) is 14.7.